The van der Waals surface area contributed by atoms with E-state index in [9.17, 15) is 22.8 Å². The summed E-state index contributed by atoms with van der Waals surface area (Å²) in [4.78, 5) is 43.2. The molecular formula is C27H21F3N7O3+. The lowest BCUT2D eigenvalue weighted by molar-refractivity contribution is -0.385. The van der Waals surface area contributed by atoms with Crippen molar-refractivity contribution in [3.8, 4) is 17.0 Å². The normalized spacial score (nSPS) is 16.6. The Morgan fingerprint density at radius 1 is 1.15 bits per heavy atom. The van der Waals surface area contributed by atoms with Crippen molar-refractivity contribution in [2.24, 2.45) is 10.1 Å². The Hall–Kier alpha value is -4.94. The maximum absolute atomic E-state index is 13.5. The topological polar surface area (TPSA) is 116 Å². The highest BCUT2D eigenvalue weighted by Crippen LogP contribution is 2.36. The van der Waals surface area contributed by atoms with Crippen LogP contribution in [0.2, 0.25) is 0 Å². The van der Waals surface area contributed by atoms with E-state index in [0.717, 1.165) is 33.4 Å². The summed E-state index contributed by atoms with van der Waals surface area (Å²) < 4.78 is 45.5. The maximum atomic E-state index is 13.5. The number of alkyl halides is 3. The van der Waals surface area contributed by atoms with Crippen LogP contribution in [-0.2, 0) is 17.8 Å². The van der Waals surface area contributed by atoms with E-state index in [-0.39, 0.29) is 34.6 Å². The fourth-order valence-electron chi connectivity index (χ4n) is 4.98. The Balaban J connectivity index is 1.31. The molecule has 0 bridgehead atoms. The zero-order valence-electron chi connectivity index (χ0n) is 21.0. The first-order valence-corrected chi connectivity index (χ1v) is 12.3. The molecule has 1 aromatic carbocycles. The zero-order valence-corrected chi connectivity index (χ0v) is 21.0. The number of azo groups is 2. The Kier molecular flexibility index (Phi) is 6.12. The van der Waals surface area contributed by atoms with Gasteiger partial charge in [-0.1, -0.05) is 29.4 Å². The van der Waals surface area contributed by atoms with Gasteiger partial charge in [-0.3, -0.25) is 14.6 Å². The average molecular weight is 549 g/mol. The number of carbonyl (C=O) groups is 2. The van der Waals surface area contributed by atoms with Crippen molar-refractivity contribution in [1.29, 1.82) is 0 Å². The summed E-state index contributed by atoms with van der Waals surface area (Å²) in [6, 6.07) is 11.5. The number of Topliss-reactive ketones (excluding diaryl/α,β-unsaturated/α-hetero) is 1. The number of rotatable bonds is 5. The SMILES string of the molecule is COc1cnc([N+]2=NC(C(F)(F)F)N=C2)c2[nH]cc(C(=O)C(=O)N3CCc4c(cccc4-c4ccccn4)C3)c12. The summed E-state index contributed by atoms with van der Waals surface area (Å²) in [7, 11) is 1.36. The fraction of sp³-hybridized carbons (Fsp3) is 0.222. The second kappa shape index (κ2) is 9.67. The molecule has 202 valence electrons. The smallest absolute Gasteiger partial charge is 0.450 e. The van der Waals surface area contributed by atoms with Crippen molar-refractivity contribution in [1.82, 2.24) is 19.9 Å². The van der Waals surface area contributed by atoms with Gasteiger partial charge in [-0.2, -0.15) is 13.2 Å². The molecule has 0 spiro atoms. The van der Waals surface area contributed by atoms with Gasteiger partial charge in [0.25, 0.3) is 11.7 Å². The van der Waals surface area contributed by atoms with E-state index in [2.05, 4.69) is 25.1 Å². The summed E-state index contributed by atoms with van der Waals surface area (Å²) in [6.07, 6.45) is -1.17. The number of aromatic amines is 1. The number of fused-ring (bicyclic) bond motifs is 2. The van der Waals surface area contributed by atoms with Crippen LogP contribution >= 0.6 is 0 Å². The molecule has 0 saturated heterocycles. The highest BCUT2D eigenvalue weighted by molar-refractivity contribution is 6.45. The van der Waals surface area contributed by atoms with Crippen LogP contribution < -0.4 is 4.74 Å². The van der Waals surface area contributed by atoms with Gasteiger partial charge in [0.05, 0.1) is 23.8 Å². The third kappa shape index (κ3) is 4.28. The highest BCUT2D eigenvalue weighted by Gasteiger charge is 2.46. The fourth-order valence-corrected chi connectivity index (χ4v) is 4.98. The molecule has 40 heavy (non-hydrogen) atoms. The lowest BCUT2D eigenvalue weighted by Gasteiger charge is -2.29. The lowest BCUT2D eigenvalue weighted by Crippen LogP contribution is -2.40. The molecule has 4 aromatic rings. The Morgan fingerprint density at radius 2 is 2.00 bits per heavy atom. The molecule has 2 aliphatic heterocycles. The predicted octanol–water partition coefficient (Wildman–Crippen LogP) is 4.43. The van der Waals surface area contributed by atoms with Gasteiger partial charge in [-0.25, -0.2) is 0 Å². The predicted molar refractivity (Wildman–Crippen MR) is 136 cm³/mol. The minimum atomic E-state index is -4.66. The molecule has 0 saturated carbocycles. The van der Waals surface area contributed by atoms with Gasteiger partial charge in [0.1, 0.15) is 11.7 Å². The number of pyridine rings is 2. The van der Waals surface area contributed by atoms with E-state index in [4.69, 9.17) is 4.74 Å². The average Bonchev–Trinajstić information content (AvgIpc) is 3.64. The van der Waals surface area contributed by atoms with Crippen LogP contribution in [0, 0.1) is 0 Å². The van der Waals surface area contributed by atoms with E-state index in [1.807, 2.05) is 36.4 Å². The third-order valence-electron chi connectivity index (χ3n) is 6.87. The summed E-state index contributed by atoms with van der Waals surface area (Å²) in [5, 5.41) is 3.75. The second-order valence-corrected chi connectivity index (χ2v) is 9.21. The molecule has 13 heteroatoms. The van der Waals surface area contributed by atoms with Gasteiger partial charge in [0.15, 0.2) is 5.75 Å². The first-order chi connectivity index (χ1) is 19.3. The molecule has 0 fully saturated rings. The van der Waals surface area contributed by atoms with E-state index in [1.54, 1.807) is 6.20 Å². The standard InChI is InChI=1S/C27H20F3N7O3/c1-40-20-12-33-24(37-14-34-26(35-37)27(28,29)30)22-21(20)18(11-32-22)23(38)25(39)36-10-8-16-15(13-36)5-4-6-17(16)19-7-2-3-9-31-19/h2-7,9,11-12,14,26H,8,10,13H2,1H3/p+1. The molecule has 1 atom stereocenters. The van der Waals surface area contributed by atoms with Crippen LogP contribution in [0.25, 0.3) is 22.2 Å². The summed E-state index contributed by atoms with van der Waals surface area (Å²) in [5.74, 6) is -1.35. The summed E-state index contributed by atoms with van der Waals surface area (Å²) in [5.41, 5.74) is 4.01. The van der Waals surface area contributed by atoms with Crippen molar-refractivity contribution >= 4 is 34.7 Å². The number of hydrogen-bond acceptors (Lipinski definition) is 7. The monoisotopic (exact) mass is 548 g/mol. The van der Waals surface area contributed by atoms with Gasteiger partial charge in [-0.15, -0.1) is 14.7 Å². The number of ketones is 1. The number of nitrogens with zero attached hydrogens (tertiary/aromatic N) is 6. The molecule has 0 aliphatic carbocycles. The molecule has 1 amide bonds. The number of benzene rings is 1. The Bertz CT molecular complexity index is 1710. The molecule has 5 heterocycles. The molecule has 2 aliphatic rings. The summed E-state index contributed by atoms with van der Waals surface area (Å²) >= 11 is 0. The number of aliphatic imine (C=N–C) groups is 1. The number of hydrogen-bond donors (Lipinski definition) is 1. The van der Waals surface area contributed by atoms with E-state index < -0.39 is 24.0 Å². The van der Waals surface area contributed by atoms with Crippen molar-refractivity contribution in [2.45, 2.75) is 25.3 Å². The molecule has 0 radical (unpaired) electrons. The number of methoxy groups -OCH3 is 1. The maximum Gasteiger partial charge on any atom is 0.450 e. The van der Waals surface area contributed by atoms with Crippen molar-refractivity contribution in [3.05, 3.63) is 71.7 Å². The number of halogens is 3. The van der Waals surface area contributed by atoms with Crippen molar-refractivity contribution in [3.63, 3.8) is 0 Å². The Labute approximate surface area is 224 Å². The van der Waals surface area contributed by atoms with E-state index in [1.165, 1.54) is 24.4 Å². The van der Waals surface area contributed by atoms with Crippen LogP contribution in [0.3, 0.4) is 0 Å². The second-order valence-electron chi connectivity index (χ2n) is 9.21. The number of ether oxygens (including phenoxy) is 1. The minimum absolute atomic E-state index is 0.0111. The number of amides is 1. The van der Waals surface area contributed by atoms with Gasteiger partial charge in [0, 0.05) is 31.0 Å². The summed E-state index contributed by atoms with van der Waals surface area (Å²) in [6.45, 7) is 0.574. The molecule has 10 nitrogen and oxygen atoms in total. The molecule has 6 rings (SSSR count). The Morgan fingerprint density at radius 3 is 2.73 bits per heavy atom. The van der Waals surface area contributed by atoms with Crippen LogP contribution in [0.4, 0.5) is 19.0 Å². The van der Waals surface area contributed by atoms with Crippen LogP contribution in [0.5, 0.6) is 5.75 Å². The zero-order chi connectivity index (χ0) is 28.0. The van der Waals surface area contributed by atoms with Crippen molar-refractivity contribution < 1.29 is 32.2 Å². The number of nitrogens with one attached hydrogen (secondary N) is 1. The quantitative estimate of drug-likeness (QED) is 0.225. The first-order valence-electron chi connectivity index (χ1n) is 12.3. The number of carbonyl (C=O) groups excluding carboxylic acids is 2. The molecule has 3 aromatic heterocycles. The van der Waals surface area contributed by atoms with Gasteiger partial charge in [0.2, 0.25) is 6.34 Å². The van der Waals surface area contributed by atoms with Crippen molar-refractivity contribution in [2.75, 3.05) is 13.7 Å². The lowest BCUT2D eigenvalue weighted by atomic mass is 9.92. The highest BCUT2D eigenvalue weighted by atomic mass is 19.4. The van der Waals surface area contributed by atoms with Gasteiger partial charge < -0.3 is 14.6 Å². The molecule has 1 N–H and O–H groups in total. The van der Waals surface area contributed by atoms with Crippen LogP contribution in [-0.4, -0.2) is 68.6 Å². The van der Waals surface area contributed by atoms with E-state index >= 15 is 0 Å². The van der Waals surface area contributed by atoms with Crippen LogP contribution in [0.1, 0.15) is 21.5 Å². The van der Waals surface area contributed by atoms with Crippen LogP contribution in [0.15, 0.2) is 65.1 Å². The number of H-pyrrole nitrogens is 1. The third-order valence-corrected chi connectivity index (χ3v) is 6.87. The largest absolute Gasteiger partial charge is 0.493 e. The first kappa shape index (κ1) is 25.3. The van der Waals surface area contributed by atoms with E-state index in [0.29, 0.717) is 13.0 Å². The van der Waals surface area contributed by atoms with Gasteiger partial charge in [-0.05, 0) is 29.7 Å². The number of aromatic nitrogens is 3. The molecule has 1 unspecified atom stereocenters. The minimum Gasteiger partial charge on any atom is -0.493 e. The van der Waals surface area contributed by atoms with Gasteiger partial charge >= 0.3 is 18.2 Å². The molecular weight excluding hydrogens is 527 g/mol.